The van der Waals surface area contributed by atoms with Gasteiger partial charge in [0.2, 0.25) is 5.91 Å². The lowest BCUT2D eigenvalue weighted by Gasteiger charge is -2.15. The van der Waals surface area contributed by atoms with Crippen LogP contribution in [0.3, 0.4) is 0 Å². The normalized spacial score (nSPS) is 23.5. The van der Waals surface area contributed by atoms with E-state index in [9.17, 15) is 9.18 Å². The van der Waals surface area contributed by atoms with E-state index >= 15 is 0 Å². The van der Waals surface area contributed by atoms with Crippen LogP contribution in [0.2, 0.25) is 0 Å². The molecule has 1 aromatic rings. The first kappa shape index (κ1) is 13.8. The van der Waals surface area contributed by atoms with Crippen molar-refractivity contribution in [3.63, 3.8) is 0 Å². The van der Waals surface area contributed by atoms with Crippen LogP contribution in [0.1, 0.15) is 13.8 Å². The van der Waals surface area contributed by atoms with Crippen LogP contribution >= 0.6 is 0 Å². The van der Waals surface area contributed by atoms with Gasteiger partial charge in [0.05, 0.1) is 12.2 Å². The maximum atomic E-state index is 13.0. The predicted molar refractivity (Wildman–Crippen MR) is 74.2 cm³/mol. The van der Waals surface area contributed by atoms with E-state index in [0.29, 0.717) is 24.1 Å². The summed E-state index contributed by atoms with van der Waals surface area (Å²) in [5.74, 6) is 0.677. The molecular formula is C14H20FN3O. The maximum Gasteiger partial charge on any atom is 0.238 e. The summed E-state index contributed by atoms with van der Waals surface area (Å²) in [5, 5.41) is 2.74. The molecule has 1 aliphatic rings. The summed E-state index contributed by atoms with van der Waals surface area (Å²) < 4.78 is 13.0. The molecule has 5 heteroatoms. The van der Waals surface area contributed by atoms with Gasteiger partial charge in [0.25, 0.3) is 0 Å². The summed E-state index contributed by atoms with van der Waals surface area (Å²) in [4.78, 5) is 14.0. The van der Waals surface area contributed by atoms with Gasteiger partial charge in [0.15, 0.2) is 0 Å². The molecule has 2 rings (SSSR count). The first-order valence-corrected chi connectivity index (χ1v) is 6.53. The molecule has 1 aromatic carbocycles. The number of rotatable bonds is 3. The average molecular weight is 265 g/mol. The van der Waals surface area contributed by atoms with Crippen LogP contribution in [0.15, 0.2) is 18.2 Å². The molecule has 104 valence electrons. The molecular weight excluding hydrogens is 245 g/mol. The van der Waals surface area contributed by atoms with Crippen LogP contribution in [0, 0.1) is 17.7 Å². The lowest BCUT2D eigenvalue weighted by molar-refractivity contribution is -0.117. The van der Waals surface area contributed by atoms with Crippen LogP contribution in [-0.2, 0) is 4.79 Å². The standard InChI is InChI=1S/C14H20FN3O/c1-9-6-18(7-10(9)2)8-14(19)17-11-3-4-12(15)13(16)5-11/h3-5,9-10H,6-8,16H2,1-2H3,(H,17,19). The van der Waals surface area contributed by atoms with Crippen LogP contribution in [0.5, 0.6) is 0 Å². The Morgan fingerprint density at radius 3 is 2.63 bits per heavy atom. The van der Waals surface area contributed by atoms with Gasteiger partial charge in [-0.3, -0.25) is 9.69 Å². The second-order valence-electron chi connectivity index (χ2n) is 5.43. The first-order chi connectivity index (χ1) is 8.95. The van der Waals surface area contributed by atoms with Gasteiger partial charge in [-0.25, -0.2) is 4.39 Å². The molecule has 19 heavy (non-hydrogen) atoms. The number of hydrogen-bond donors (Lipinski definition) is 2. The molecule has 0 bridgehead atoms. The Balaban J connectivity index is 1.89. The van der Waals surface area contributed by atoms with Gasteiger partial charge in [-0.1, -0.05) is 13.8 Å². The van der Waals surface area contributed by atoms with Gasteiger partial charge < -0.3 is 11.1 Å². The zero-order valence-corrected chi connectivity index (χ0v) is 11.3. The highest BCUT2D eigenvalue weighted by Gasteiger charge is 2.27. The predicted octanol–water partition coefficient (Wildman–Crippen LogP) is 1.93. The number of hydrogen-bond acceptors (Lipinski definition) is 3. The third kappa shape index (κ3) is 3.44. The van der Waals surface area contributed by atoms with Gasteiger partial charge in [-0.15, -0.1) is 0 Å². The zero-order valence-electron chi connectivity index (χ0n) is 11.3. The second kappa shape index (κ2) is 5.57. The SMILES string of the molecule is CC1CN(CC(=O)Nc2ccc(F)c(N)c2)CC1C. The number of carbonyl (C=O) groups is 1. The Bertz CT molecular complexity index is 468. The summed E-state index contributed by atoms with van der Waals surface area (Å²) in [6.07, 6.45) is 0. The summed E-state index contributed by atoms with van der Waals surface area (Å²) >= 11 is 0. The Morgan fingerprint density at radius 1 is 1.42 bits per heavy atom. The van der Waals surface area contributed by atoms with E-state index in [2.05, 4.69) is 24.1 Å². The number of halogens is 1. The van der Waals surface area contributed by atoms with Crippen LogP contribution < -0.4 is 11.1 Å². The number of anilines is 2. The molecule has 0 aliphatic carbocycles. The third-order valence-corrected chi connectivity index (χ3v) is 3.71. The molecule has 0 aromatic heterocycles. The molecule has 0 saturated carbocycles. The van der Waals surface area contributed by atoms with E-state index in [1.54, 1.807) is 0 Å². The summed E-state index contributed by atoms with van der Waals surface area (Å²) in [5.41, 5.74) is 6.03. The largest absolute Gasteiger partial charge is 0.396 e. The van der Waals surface area contributed by atoms with Crippen molar-refractivity contribution in [1.29, 1.82) is 0 Å². The van der Waals surface area contributed by atoms with Crippen molar-refractivity contribution in [2.24, 2.45) is 11.8 Å². The fraction of sp³-hybridized carbons (Fsp3) is 0.500. The van der Waals surface area contributed by atoms with Crippen molar-refractivity contribution < 1.29 is 9.18 Å². The minimum absolute atomic E-state index is 0.0428. The number of amides is 1. The van der Waals surface area contributed by atoms with Gasteiger partial charge >= 0.3 is 0 Å². The molecule has 4 nitrogen and oxygen atoms in total. The molecule has 0 spiro atoms. The number of nitrogens with one attached hydrogen (secondary N) is 1. The quantitative estimate of drug-likeness (QED) is 0.821. The maximum absolute atomic E-state index is 13.0. The minimum atomic E-state index is -0.472. The molecule has 3 N–H and O–H groups in total. The van der Waals surface area contributed by atoms with Crippen LogP contribution in [-0.4, -0.2) is 30.4 Å². The number of likely N-dealkylation sites (tertiary alicyclic amines) is 1. The molecule has 1 fully saturated rings. The van der Waals surface area contributed by atoms with Crippen LogP contribution in [0.25, 0.3) is 0 Å². The van der Waals surface area contributed by atoms with Crippen molar-refractivity contribution in [3.05, 3.63) is 24.0 Å². The van der Waals surface area contributed by atoms with Crippen molar-refractivity contribution in [2.75, 3.05) is 30.7 Å². The number of nitrogens with two attached hydrogens (primary N) is 1. The average Bonchev–Trinajstić information content (AvgIpc) is 2.63. The highest BCUT2D eigenvalue weighted by molar-refractivity contribution is 5.92. The van der Waals surface area contributed by atoms with Gasteiger partial charge in [-0.05, 0) is 30.0 Å². The molecule has 0 radical (unpaired) electrons. The molecule has 2 atom stereocenters. The smallest absolute Gasteiger partial charge is 0.238 e. The van der Waals surface area contributed by atoms with E-state index in [0.717, 1.165) is 13.1 Å². The number of nitrogens with zero attached hydrogens (tertiary/aromatic N) is 1. The summed E-state index contributed by atoms with van der Waals surface area (Å²) in [6.45, 7) is 6.65. The first-order valence-electron chi connectivity index (χ1n) is 6.53. The highest BCUT2D eigenvalue weighted by atomic mass is 19.1. The third-order valence-electron chi connectivity index (χ3n) is 3.71. The number of benzene rings is 1. The fourth-order valence-electron chi connectivity index (χ4n) is 2.40. The Labute approximate surface area is 112 Å². The molecule has 1 saturated heterocycles. The minimum Gasteiger partial charge on any atom is -0.396 e. The highest BCUT2D eigenvalue weighted by Crippen LogP contribution is 2.22. The topological polar surface area (TPSA) is 58.4 Å². The molecule has 1 heterocycles. The van der Waals surface area contributed by atoms with E-state index in [1.165, 1.54) is 18.2 Å². The summed E-state index contributed by atoms with van der Waals surface area (Å²) in [7, 11) is 0. The Hall–Kier alpha value is -1.62. The molecule has 1 amide bonds. The number of carbonyl (C=O) groups excluding carboxylic acids is 1. The Morgan fingerprint density at radius 2 is 2.05 bits per heavy atom. The van der Waals surface area contributed by atoms with E-state index < -0.39 is 5.82 Å². The second-order valence-corrected chi connectivity index (χ2v) is 5.43. The van der Waals surface area contributed by atoms with Gasteiger partial charge in [0.1, 0.15) is 5.82 Å². The van der Waals surface area contributed by atoms with Crippen molar-refractivity contribution >= 4 is 17.3 Å². The van der Waals surface area contributed by atoms with Crippen molar-refractivity contribution in [3.8, 4) is 0 Å². The fourth-order valence-corrected chi connectivity index (χ4v) is 2.40. The lowest BCUT2D eigenvalue weighted by Crippen LogP contribution is -2.31. The van der Waals surface area contributed by atoms with Crippen molar-refractivity contribution in [2.45, 2.75) is 13.8 Å². The van der Waals surface area contributed by atoms with E-state index in [1.807, 2.05) is 0 Å². The summed E-state index contributed by atoms with van der Waals surface area (Å²) in [6, 6.07) is 4.20. The zero-order chi connectivity index (χ0) is 14.0. The van der Waals surface area contributed by atoms with E-state index in [-0.39, 0.29) is 11.6 Å². The van der Waals surface area contributed by atoms with Gasteiger partial charge in [-0.2, -0.15) is 0 Å². The van der Waals surface area contributed by atoms with Crippen molar-refractivity contribution in [1.82, 2.24) is 4.90 Å². The van der Waals surface area contributed by atoms with Crippen LogP contribution in [0.4, 0.5) is 15.8 Å². The number of nitrogen functional groups attached to an aromatic ring is 1. The monoisotopic (exact) mass is 265 g/mol. The lowest BCUT2D eigenvalue weighted by atomic mass is 10.0. The molecule has 2 unspecified atom stereocenters. The molecule has 1 aliphatic heterocycles. The van der Waals surface area contributed by atoms with Gasteiger partial charge in [0, 0.05) is 18.8 Å². The Kier molecular flexibility index (Phi) is 4.04. The van der Waals surface area contributed by atoms with E-state index in [4.69, 9.17) is 5.73 Å².